The first kappa shape index (κ1) is 14.9. The van der Waals surface area contributed by atoms with Crippen LogP contribution in [0.1, 0.15) is 10.4 Å². The SMILES string of the molecule is O=C(NCCS)c1ccc(-n2ncc3ccccc32)c(Cl)c1. The van der Waals surface area contributed by atoms with Crippen molar-refractivity contribution >= 4 is 41.0 Å². The summed E-state index contributed by atoms with van der Waals surface area (Å²) in [5.74, 6) is 0.435. The van der Waals surface area contributed by atoms with Crippen LogP contribution in [0.2, 0.25) is 5.02 Å². The Morgan fingerprint density at radius 2 is 2.09 bits per heavy atom. The Kier molecular flexibility index (Phi) is 4.36. The largest absolute Gasteiger partial charge is 0.351 e. The number of benzene rings is 2. The van der Waals surface area contributed by atoms with Crippen LogP contribution < -0.4 is 5.32 Å². The minimum absolute atomic E-state index is 0.159. The number of aromatic nitrogens is 2. The molecule has 0 aliphatic carbocycles. The first-order valence-corrected chi connectivity index (χ1v) is 7.83. The van der Waals surface area contributed by atoms with Gasteiger partial charge in [0.2, 0.25) is 0 Å². The zero-order chi connectivity index (χ0) is 15.5. The lowest BCUT2D eigenvalue weighted by atomic mass is 10.2. The van der Waals surface area contributed by atoms with E-state index in [4.69, 9.17) is 11.6 Å². The highest BCUT2D eigenvalue weighted by molar-refractivity contribution is 7.80. The average Bonchev–Trinajstić information content (AvgIpc) is 2.96. The highest BCUT2D eigenvalue weighted by Gasteiger charge is 2.11. The fourth-order valence-electron chi connectivity index (χ4n) is 2.26. The molecular formula is C16H14ClN3OS. The van der Waals surface area contributed by atoms with E-state index >= 15 is 0 Å². The maximum atomic E-state index is 11.9. The number of carbonyl (C=O) groups excluding carboxylic acids is 1. The number of hydrogen-bond acceptors (Lipinski definition) is 3. The maximum absolute atomic E-state index is 11.9. The van der Waals surface area contributed by atoms with Gasteiger partial charge in [0.25, 0.3) is 5.91 Å². The number of fused-ring (bicyclic) bond motifs is 1. The summed E-state index contributed by atoms with van der Waals surface area (Å²) in [6.07, 6.45) is 1.79. The molecule has 1 heterocycles. The molecule has 0 aliphatic heterocycles. The number of nitrogens with zero attached hydrogens (tertiary/aromatic N) is 2. The van der Waals surface area contributed by atoms with Crippen LogP contribution in [-0.2, 0) is 0 Å². The van der Waals surface area contributed by atoms with Gasteiger partial charge in [-0.1, -0.05) is 29.8 Å². The number of carbonyl (C=O) groups is 1. The molecule has 2 aromatic carbocycles. The summed E-state index contributed by atoms with van der Waals surface area (Å²) >= 11 is 10.4. The molecule has 3 aromatic rings. The summed E-state index contributed by atoms with van der Waals surface area (Å²) in [6.45, 7) is 0.519. The standard InChI is InChI=1S/C16H14ClN3OS/c17-13-9-11(16(21)18-7-8-22)5-6-15(13)20-14-4-2-1-3-12(14)10-19-20/h1-6,9-10,22H,7-8H2,(H,18,21). The monoisotopic (exact) mass is 331 g/mol. The van der Waals surface area contributed by atoms with Crippen molar-refractivity contribution in [3.63, 3.8) is 0 Å². The fourth-order valence-corrected chi connectivity index (χ4v) is 2.63. The lowest BCUT2D eigenvalue weighted by molar-refractivity contribution is 0.0956. The molecule has 22 heavy (non-hydrogen) atoms. The first-order valence-electron chi connectivity index (χ1n) is 6.82. The molecule has 3 rings (SSSR count). The number of rotatable bonds is 4. The van der Waals surface area contributed by atoms with Crippen LogP contribution in [0.3, 0.4) is 0 Å². The van der Waals surface area contributed by atoms with Crippen LogP contribution in [0, 0.1) is 0 Å². The van der Waals surface area contributed by atoms with E-state index in [2.05, 4.69) is 23.0 Å². The molecular weight excluding hydrogens is 318 g/mol. The Hall–Kier alpha value is -1.98. The highest BCUT2D eigenvalue weighted by atomic mass is 35.5. The van der Waals surface area contributed by atoms with Crippen molar-refractivity contribution in [3.05, 3.63) is 59.2 Å². The van der Waals surface area contributed by atoms with Gasteiger partial charge in [0, 0.05) is 23.2 Å². The van der Waals surface area contributed by atoms with Gasteiger partial charge in [-0.3, -0.25) is 4.79 Å². The fraction of sp³-hybridized carbons (Fsp3) is 0.125. The van der Waals surface area contributed by atoms with Crippen LogP contribution in [0.15, 0.2) is 48.7 Å². The number of halogens is 1. The van der Waals surface area contributed by atoms with Gasteiger partial charge in [-0.15, -0.1) is 0 Å². The molecule has 0 spiro atoms. The van der Waals surface area contributed by atoms with E-state index in [1.807, 2.05) is 24.3 Å². The van der Waals surface area contributed by atoms with Crippen LogP contribution in [-0.4, -0.2) is 28.0 Å². The Morgan fingerprint density at radius 3 is 2.86 bits per heavy atom. The Labute approximate surface area is 138 Å². The smallest absolute Gasteiger partial charge is 0.251 e. The number of hydrogen-bond donors (Lipinski definition) is 2. The van der Waals surface area contributed by atoms with Gasteiger partial charge in [-0.05, 0) is 24.3 Å². The van der Waals surface area contributed by atoms with Crippen LogP contribution >= 0.6 is 24.2 Å². The molecule has 1 aromatic heterocycles. The van der Waals surface area contributed by atoms with Crippen LogP contribution in [0.25, 0.3) is 16.6 Å². The van der Waals surface area contributed by atoms with Crippen molar-refractivity contribution in [2.24, 2.45) is 0 Å². The normalized spacial score (nSPS) is 10.8. The number of nitrogens with one attached hydrogen (secondary N) is 1. The molecule has 0 radical (unpaired) electrons. The summed E-state index contributed by atoms with van der Waals surface area (Å²) in [6, 6.07) is 13.1. The summed E-state index contributed by atoms with van der Waals surface area (Å²) in [5, 5.41) is 8.65. The summed E-state index contributed by atoms with van der Waals surface area (Å²) in [4.78, 5) is 11.9. The van der Waals surface area contributed by atoms with Gasteiger partial charge in [0.15, 0.2) is 0 Å². The quantitative estimate of drug-likeness (QED) is 0.720. The molecule has 0 saturated carbocycles. The minimum atomic E-state index is -0.159. The lowest BCUT2D eigenvalue weighted by Gasteiger charge is -2.09. The second-order valence-corrected chi connectivity index (χ2v) is 5.62. The van der Waals surface area contributed by atoms with Gasteiger partial charge in [0.05, 0.1) is 22.4 Å². The molecule has 0 bridgehead atoms. The maximum Gasteiger partial charge on any atom is 0.251 e. The van der Waals surface area contributed by atoms with Crippen molar-refractivity contribution in [2.45, 2.75) is 0 Å². The molecule has 0 unspecified atom stereocenters. The molecule has 0 saturated heterocycles. The van der Waals surface area contributed by atoms with E-state index in [1.54, 1.807) is 29.1 Å². The summed E-state index contributed by atoms with van der Waals surface area (Å²) in [7, 11) is 0. The predicted octanol–water partition coefficient (Wildman–Crippen LogP) is 3.34. The summed E-state index contributed by atoms with van der Waals surface area (Å²) < 4.78 is 1.77. The molecule has 0 atom stereocenters. The third-order valence-corrected chi connectivity index (χ3v) is 3.84. The number of para-hydroxylation sites is 1. The molecule has 0 aliphatic rings. The van der Waals surface area contributed by atoms with Gasteiger partial charge in [-0.25, -0.2) is 4.68 Å². The van der Waals surface area contributed by atoms with Gasteiger partial charge in [0.1, 0.15) is 0 Å². The van der Waals surface area contributed by atoms with E-state index in [1.165, 1.54) is 0 Å². The lowest BCUT2D eigenvalue weighted by Crippen LogP contribution is -2.25. The van der Waals surface area contributed by atoms with Crippen molar-refractivity contribution in [2.75, 3.05) is 12.3 Å². The third-order valence-electron chi connectivity index (χ3n) is 3.31. The van der Waals surface area contributed by atoms with Crippen molar-refractivity contribution in [1.82, 2.24) is 15.1 Å². The van der Waals surface area contributed by atoms with E-state index in [0.717, 1.165) is 16.6 Å². The predicted molar refractivity (Wildman–Crippen MR) is 92.3 cm³/mol. The molecule has 112 valence electrons. The minimum Gasteiger partial charge on any atom is -0.351 e. The zero-order valence-corrected chi connectivity index (χ0v) is 13.3. The Morgan fingerprint density at radius 1 is 1.27 bits per heavy atom. The van der Waals surface area contributed by atoms with Gasteiger partial charge in [-0.2, -0.15) is 17.7 Å². The van der Waals surface area contributed by atoms with E-state index < -0.39 is 0 Å². The zero-order valence-electron chi connectivity index (χ0n) is 11.7. The van der Waals surface area contributed by atoms with Gasteiger partial charge < -0.3 is 5.32 Å². The second-order valence-electron chi connectivity index (χ2n) is 4.76. The van der Waals surface area contributed by atoms with E-state index in [-0.39, 0.29) is 5.91 Å². The molecule has 6 heteroatoms. The molecule has 4 nitrogen and oxygen atoms in total. The summed E-state index contributed by atoms with van der Waals surface area (Å²) in [5.41, 5.74) is 2.23. The van der Waals surface area contributed by atoms with Crippen molar-refractivity contribution in [1.29, 1.82) is 0 Å². The Bertz CT molecular complexity index is 831. The molecule has 1 amide bonds. The van der Waals surface area contributed by atoms with Crippen molar-refractivity contribution in [3.8, 4) is 5.69 Å². The van der Waals surface area contributed by atoms with E-state index in [9.17, 15) is 4.79 Å². The first-order chi connectivity index (χ1) is 10.7. The molecule has 1 N–H and O–H groups in total. The third kappa shape index (κ3) is 2.82. The van der Waals surface area contributed by atoms with Gasteiger partial charge >= 0.3 is 0 Å². The van der Waals surface area contributed by atoms with Crippen molar-refractivity contribution < 1.29 is 4.79 Å². The molecule has 0 fully saturated rings. The Balaban J connectivity index is 1.97. The topological polar surface area (TPSA) is 46.9 Å². The van der Waals surface area contributed by atoms with E-state index in [0.29, 0.717) is 22.9 Å². The highest BCUT2D eigenvalue weighted by Crippen LogP contribution is 2.25. The average molecular weight is 332 g/mol. The number of amides is 1. The van der Waals surface area contributed by atoms with Crippen LogP contribution in [0.5, 0.6) is 0 Å². The van der Waals surface area contributed by atoms with Crippen LogP contribution in [0.4, 0.5) is 0 Å². The second kappa shape index (κ2) is 6.42. The number of thiol groups is 1.